The summed E-state index contributed by atoms with van der Waals surface area (Å²) in [6, 6.07) is 16.9. The van der Waals surface area contributed by atoms with Crippen molar-refractivity contribution >= 4 is 29.1 Å². The maximum Gasteiger partial charge on any atom is 0.255 e. The van der Waals surface area contributed by atoms with E-state index < -0.39 is 0 Å². The average Bonchev–Trinajstić information content (AvgIpc) is 3.36. The SMILES string of the molecule is Cc1nn(C)c(C)c1NC(=O)CNC(=O)c1cn(Cc2ccccc2Cl)nc1-c1ccccc1. The van der Waals surface area contributed by atoms with E-state index >= 15 is 0 Å². The van der Waals surface area contributed by atoms with Crippen molar-refractivity contribution in [2.75, 3.05) is 11.9 Å². The molecule has 0 aliphatic carbocycles. The van der Waals surface area contributed by atoms with Crippen LogP contribution in [0.3, 0.4) is 0 Å². The van der Waals surface area contributed by atoms with E-state index in [1.165, 1.54) is 0 Å². The summed E-state index contributed by atoms with van der Waals surface area (Å²) in [5, 5.41) is 15.1. The normalized spacial score (nSPS) is 10.8. The van der Waals surface area contributed by atoms with E-state index in [2.05, 4.69) is 20.8 Å². The number of hydrogen-bond donors (Lipinski definition) is 2. The molecule has 0 atom stereocenters. The average molecular weight is 477 g/mol. The van der Waals surface area contributed by atoms with Gasteiger partial charge in [0.2, 0.25) is 5.91 Å². The van der Waals surface area contributed by atoms with Gasteiger partial charge in [-0.1, -0.05) is 60.1 Å². The highest BCUT2D eigenvalue weighted by Crippen LogP contribution is 2.24. The minimum Gasteiger partial charge on any atom is -0.343 e. The number of benzene rings is 2. The Hall–Kier alpha value is -3.91. The van der Waals surface area contributed by atoms with E-state index in [0.717, 1.165) is 16.8 Å². The Morgan fingerprint density at radius 1 is 1.00 bits per heavy atom. The molecule has 0 aliphatic heterocycles. The minimum absolute atomic E-state index is 0.184. The molecule has 4 rings (SSSR count). The minimum atomic E-state index is -0.390. The van der Waals surface area contributed by atoms with Crippen molar-refractivity contribution in [3.8, 4) is 11.3 Å². The summed E-state index contributed by atoms with van der Waals surface area (Å²) >= 11 is 6.30. The Morgan fingerprint density at radius 2 is 1.71 bits per heavy atom. The number of anilines is 1. The van der Waals surface area contributed by atoms with Crippen LogP contribution in [0, 0.1) is 13.8 Å². The standard InChI is InChI=1S/C25H25ClN6O2/c1-16-23(17(2)31(3)29-16)28-22(33)13-27-25(34)20-15-32(14-19-11-7-8-12-21(19)26)30-24(20)18-9-5-4-6-10-18/h4-12,15H,13-14H2,1-3H3,(H,27,34)(H,28,33). The van der Waals surface area contributed by atoms with E-state index in [0.29, 0.717) is 34.2 Å². The highest BCUT2D eigenvalue weighted by molar-refractivity contribution is 6.31. The van der Waals surface area contributed by atoms with Gasteiger partial charge in [0.25, 0.3) is 5.91 Å². The van der Waals surface area contributed by atoms with Gasteiger partial charge in [0.1, 0.15) is 5.69 Å². The first-order valence-corrected chi connectivity index (χ1v) is 11.2. The third-order valence-electron chi connectivity index (χ3n) is 5.53. The molecule has 2 aromatic carbocycles. The van der Waals surface area contributed by atoms with Crippen LogP contribution in [0.2, 0.25) is 5.02 Å². The lowest BCUT2D eigenvalue weighted by Crippen LogP contribution is -2.33. The lowest BCUT2D eigenvalue weighted by molar-refractivity contribution is -0.115. The second-order valence-corrected chi connectivity index (χ2v) is 8.35. The summed E-state index contributed by atoms with van der Waals surface area (Å²) in [5.74, 6) is -0.726. The zero-order chi connectivity index (χ0) is 24.2. The summed E-state index contributed by atoms with van der Waals surface area (Å²) in [4.78, 5) is 25.6. The third kappa shape index (κ3) is 5.02. The molecule has 9 heteroatoms. The number of carbonyl (C=O) groups is 2. The Morgan fingerprint density at radius 3 is 2.38 bits per heavy atom. The molecule has 4 aromatic rings. The first kappa shape index (κ1) is 23.3. The number of aryl methyl sites for hydroxylation is 2. The van der Waals surface area contributed by atoms with Gasteiger partial charge in [-0.3, -0.25) is 19.0 Å². The molecule has 8 nitrogen and oxygen atoms in total. The zero-order valence-electron chi connectivity index (χ0n) is 19.2. The van der Waals surface area contributed by atoms with Crippen LogP contribution in [-0.2, 0) is 18.4 Å². The van der Waals surface area contributed by atoms with Gasteiger partial charge in [0, 0.05) is 23.8 Å². The molecule has 0 radical (unpaired) electrons. The molecular weight excluding hydrogens is 452 g/mol. The van der Waals surface area contributed by atoms with Gasteiger partial charge in [0.15, 0.2) is 0 Å². The van der Waals surface area contributed by atoms with Crippen LogP contribution in [0.1, 0.15) is 27.3 Å². The molecule has 174 valence electrons. The van der Waals surface area contributed by atoms with Gasteiger partial charge >= 0.3 is 0 Å². The molecule has 0 unspecified atom stereocenters. The van der Waals surface area contributed by atoms with Crippen LogP contribution in [-0.4, -0.2) is 37.9 Å². The van der Waals surface area contributed by atoms with Crippen LogP contribution in [0.4, 0.5) is 5.69 Å². The van der Waals surface area contributed by atoms with Crippen LogP contribution in [0.15, 0.2) is 60.8 Å². The number of carbonyl (C=O) groups excluding carboxylic acids is 2. The predicted octanol–water partition coefficient (Wildman–Crippen LogP) is 3.97. The van der Waals surface area contributed by atoms with E-state index in [9.17, 15) is 9.59 Å². The highest BCUT2D eigenvalue weighted by Gasteiger charge is 2.20. The van der Waals surface area contributed by atoms with E-state index in [4.69, 9.17) is 11.6 Å². The summed E-state index contributed by atoms with van der Waals surface area (Å²) in [6.07, 6.45) is 1.67. The molecule has 2 heterocycles. The van der Waals surface area contributed by atoms with Gasteiger partial charge in [-0.2, -0.15) is 10.2 Å². The second kappa shape index (κ2) is 9.93. The lowest BCUT2D eigenvalue weighted by atomic mass is 10.1. The summed E-state index contributed by atoms with van der Waals surface area (Å²) < 4.78 is 3.38. The number of amides is 2. The van der Waals surface area contributed by atoms with Crippen LogP contribution in [0.25, 0.3) is 11.3 Å². The number of halogens is 1. The Kier molecular flexibility index (Phi) is 6.79. The summed E-state index contributed by atoms with van der Waals surface area (Å²) in [6.45, 7) is 3.91. The predicted molar refractivity (Wildman–Crippen MR) is 132 cm³/mol. The van der Waals surface area contributed by atoms with Crippen LogP contribution >= 0.6 is 11.6 Å². The van der Waals surface area contributed by atoms with Gasteiger partial charge in [-0.05, 0) is 25.5 Å². The van der Waals surface area contributed by atoms with Crippen molar-refractivity contribution < 1.29 is 9.59 Å². The zero-order valence-corrected chi connectivity index (χ0v) is 19.9. The molecule has 0 saturated carbocycles. The van der Waals surface area contributed by atoms with Crippen molar-refractivity contribution in [3.05, 3.63) is 88.3 Å². The fraction of sp³-hybridized carbons (Fsp3) is 0.200. The number of hydrogen-bond acceptors (Lipinski definition) is 4. The van der Waals surface area contributed by atoms with Crippen molar-refractivity contribution in [2.45, 2.75) is 20.4 Å². The molecule has 0 saturated heterocycles. The first-order chi connectivity index (χ1) is 16.3. The summed E-state index contributed by atoms with van der Waals surface area (Å²) in [5.41, 5.74) is 4.80. The van der Waals surface area contributed by atoms with Gasteiger partial charge in [-0.15, -0.1) is 0 Å². The second-order valence-electron chi connectivity index (χ2n) is 7.95. The number of nitrogens with one attached hydrogen (secondary N) is 2. The highest BCUT2D eigenvalue weighted by atomic mass is 35.5. The Balaban J connectivity index is 1.53. The van der Waals surface area contributed by atoms with Crippen molar-refractivity contribution in [1.29, 1.82) is 0 Å². The third-order valence-corrected chi connectivity index (χ3v) is 5.90. The number of rotatable bonds is 7. The molecule has 0 bridgehead atoms. The molecule has 2 N–H and O–H groups in total. The van der Waals surface area contributed by atoms with Crippen LogP contribution < -0.4 is 10.6 Å². The Labute approximate surface area is 202 Å². The molecular formula is C25H25ClN6O2. The molecule has 0 spiro atoms. The van der Waals surface area contributed by atoms with Gasteiger partial charge in [0.05, 0.1) is 35.7 Å². The van der Waals surface area contributed by atoms with E-state index in [-0.39, 0.29) is 18.4 Å². The molecule has 2 amide bonds. The number of nitrogens with zero attached hydrogens (tertiary/aromatic N) is 4. The molecule has 0 fully saturated rings. The van der Waals surface area contributed by atoms with E-state index in [1.807, 2.05) is 75.5 Å². The van der Waals surface area contributed by atoms with Crippen LogP contribution in [0.5, 0.6) is 0 Å². The van der Waals surface area contributed by atoms with Crippen molar-refractivity contribution in [2.24, 2.45) is 7.05 Å². The van der Waals surface area contributed by atoms with Crippen molar-refractivity contribution in [1.82, 2.24) is 24.9 Å². The molecule has 0 aliphatic rings. The topological polar surface area (TPSA) is 93.8 Å². The van der Waals surface area contributed by atoms with Crippen molar-refractivity contribution in [3.63, 3.8) is 0 Å². The monoisotopic (exact) mass is 476 g/mol. The number of aromatic nitrogens is 4. The Bertz CT molecular complexity index is 1340. The maximum absolute atomic E-state index is 13.1. The smallest absolute Gasteiger partial charge is 0.255 e. The molecule has 2 aromatic heterocycles. The van der Waals surface area contributed by atoms with Gasteiger partial charge in [-0.25, -0.2) is 0 Å². The quantitative estimate of drug-likeness (QED) is 0.422. The fourth-order valence-electron chi connectivity index (χ4n) is 3.67. The molecule has 34 heavy (non-hydrogen) atoms. The summed E-state index contributed by atoms with van der Waals surface area (Å²) in [7, 11) is 1.81. The van der Waals surface area contributed by atoms with E-state index in [1.54, 1.807) is 15.6 Å². The maximum atomic E-state index is 13.1. The lowest BCUT2D eigenvalue weighted by Gasteiger charge is -2.07. The fourth-order valence-corrected chi connectivity index (χ4v) is 3.87. The largest absolute Gasteiger partial charge is 0.343 e. The first-order valence-electron chi connectivity index (χ1n) is 10.8. The van der Waals surface area contributed by atoms with Gasteiger partial charge < -0.3 is 10.6 Å².